The van der Waals surface area contributed by atoms with Crippen LogP contribution in [0.15, 0.2) is 24.3 Å². The molecule has 2 rings (SSSR count). The van der Waals surface area contributed by atoms with Crippen molar-refractivity contribution in [3.8, 4) is 5.75 Å². The van der Waals surface area contributed by atoms with Crippen LogP contribution in [0.2, 0.25) is 0 Å². The van der Waals surface area contributed by atoms with E-state index < -0.39 is 0 Å². The topological polar surface area (TPSA) is 21.3 Å². The molecule has 0 radical (unpaired) electrons. The molecule has 0 amide bonds. The van der Waals surface area contributed by atoms with Crippen LogP contribution in [0.3, 0.4) is 0 Å². The normalized spacial score (nSPS) is 22.2. The molecule has 0 spiro atoms. The Labute approximate surface area is 130 Å². The Kier molecular flexibility index (Phi) is 7.08. The predicted octanol–water partition coefficient (Wildman–Crippen LogP) is 4.78. The molecule has 0 aromatic heterocycles. The molecule has 0 saturated heterocycles. The first kappa shape index (κ1) is 16.4. The van der Waals surface area contributed by atoms with Crippen molar-refractivity contribution in [2.45, 2.75) is 58.9 Å². The molecular formula is C19H31NO. The van der Waals surface area contributed by atoms with Crippen molar-refractivity contribution in [2.75, 3.05) is 13.2 Å². The van der Waals surface area contributed by atoms with E-state index in [4.69, 9.17) is 4.74 Å². The maximum absolute atomic E-state index is 5.69. The third-order valence-corrected chi connectivity index (χ3v) is 4.68. The van der Waals surface area contributed by atoms with E-state index in [1.165, 1.54) is 37.7 Å². The first-order valence-electron chi connectivity index (χ1n) is 8.74. The SMILES string of the molecule is CCCOc1cccc(CNCC2CCC(CC)CC2)c1. The molecule has 118 valence electrons. The molecule has 0 heterocycles. The maximum Gasteiger partial charge on any atom is 0.119 e. The van der Waals surface area contributed by atoms with E-state index in [0.717, 1.165) is 43.7 Å². The van der Waals surface area contributed by atoms with Crippen molar-refractivity contribution in [1.82, 2.24) is 5.32 Å². The lowest BCUT2D eigenvalue weighted by Crippen LogP contribution is -2.26. The quantitative estimate of drug-likeness (QED) is 0.743. The van der Waals surface area contributed by atoms with Crippen LogP contribution >= 0.6 is 0 Å². The lowest BCUT2D eigenvalue weighted by molar-refractivity contribution is 0.262. The molecule has 1 saturated carbocycles. The number of ether oxygens (including phenoxy) is 1. The van der Waals surface area contributed by atoms with Gasteiger partial charge in [-0.2, -0.15) is 0 Å². The largest absolute Gasteiger partial charge is 0.494 e. The zero-order valence-electron chi connectivity index (χ0n) is 13.7. The molecule has 2 heteroatoms. The molecule has 2 nitrogen and oxygen atoms in total. The maximum atomic E-state index is 5.69. The van der Waals surface area contributed by atoms with Crippen molar-refractivity contribution in [3.63, 3.8) is 0 Å². The molecule has 1 aliphatic rings. The Bertz CT molecular complexity index is 396. The van der Waals surface area contributed by atoms with Gasteiger partial charge in [0.2, 0.25) is 0 Å². The van der Waals surface area contributed by atoms with E-state index in [0.29, 0.717) is 0 Å². The van der Waals surface area contributed by atoms with Crippen LogP contribution in [0.1, 0.15) is 57.9 Å². The molecule has 21 heavy (non-hydrogen) atoms. The van der Waals surface area contributed by atoms with E-state index >= 15 is 0 Å². The van der Waals surface area contributed by atoms with Crippen molar-refractivity contribution in [1.29, 1.82) is 0 Å². The third-order valence-electron chi connectivity index (χ3n) is 4.68. The van der Waals surface area contributed by atoms with Crippen LogP contribution in [0.4, 0.5) is 0 Å². The van der Waals surface area contributed by atoms with Crippen molar-refractivity contribution in [3.05, 3.63) is 29.8 Å². The van der Waals surface area contributed by atoms with Gasteiger partial charge in [0.1, 0.15) is 5.75 Å². The average Bonchev–Trinajstić information content (AvgIpc) is 2.54. The summed E-state index contributed by atoms with van der Waals surface area (Å²) in [6, 6.07) is 8.48. The van der Waals surface area contributed by atoms with E-state index in [2.05, 4.69) is 37.4 Å². The zero-order chi connectivity index (χ0) is 14.9. The highest BCUT2D eigenvalue weighted by atomic mass is 16.5. The lowest BCUT2D eigenvalue weighted by atomic mass is 9.81. The molecule has 1 aromatic rings. The summed E-state index contributed by atoms with van der Waals surface area (Å²) in [5.41, 5.74) is 1.32. The van der Waals surface area contributed by atoms with E-state index in [1.807, 2.05) is 6.07 Å². The summed E-state index contributed by atoms with van der Waals surface area (Å²) in [5.74, 6) is 2.88. The van der Waals surface area contributed by atoms with E-state index in [1.54, 1.807) is 0 Å². The number of hydrogen-bond acceptors (Lipinski definition) is 2. The Morgan fingerprint density at radius 1 is 1.10 bits per heavy atom. The van der Waals surface area contributed by atoms with Gasteiger partial charge < -0.3 is 10.1 Å². The number of benzene rings is 1. The van der Waals surface area contributed by atoms with Gasteiger partial charge in [-0.1, -0.05) is 45.2 Å². The zero-order valence-corrected chi connectivity index (χ0v) is 13.7. The molecular weight excluding hydrogens is 258 g/mol. The lowest BCUT2D eigenvalue weighted by Gasteiger charge is -2.27. The van der Waals surface area contributed by atoms with Crippen LogP contribution in [0, 0.1) is 11.8 Å². The van der Waals surface area contributed by atoms with Crippen LogP contribution in [-0.4, -0.2) is 13.2 Å². The molecule has 0 atom stereocenters. The number of hydrogen-bond donors (Lipinski definition) is 1. The summed E-state index contributed by atoms with van der Waals surface area (Å²) >= 11 is 0. The molecule has 1 aliphatic carbocycles. The summed E-state index contributed by atoms with van der Waals surface area (Å²) in [6.07, 6.45) is 8.11. The van der Waals surface area contributed by atoms with Gasteiger partial charge in [0.25, 0.3) is 0 Å². The first-order valence-corrected chi connectivity index (χ1v) is 8.74. The Morgan fingerprint density at radius 3 is 2.57 bits per heavy atom. The van der Waals surface area contributed by atoms with Gasteiger partial charge in [-0.25, -0.2) is 0 Å². The second-order valence-corrected chi connectivity index (χ2v) is 6.42. The van der Waals surface area contributed by atoms with Gasteiger partial charge in [0.15, 0.2) is 0 Å². The first-order chi connectivity index (χ1) is 10.3. The van der Waals surface area contributed by atoms with Crippen molar-refractivity contribution < 1.29 is 4.74 Å². The minimum absolute atomic E-state index is 0.803. The van der Waals surface area contributed by atoms with Gasteiger partial charge in [-0.15, -0.1) is 0 Å². The summed E-state index contributed by atoms with van der Waals surface area (Å²) in [7, 11) is 0. The monoisotopic (exact) mass is 289 g/mol. The number of rotatable bonds is 8. The van der Waals surface area contributed by atoms with Gasteiger partial charge in [0.05, 0.1) is 6.61 Å². The summed E-state index contributed by atoms with van der Waals surface area (Å²) < 4.78 is 5.69. The highest BCUT2D eigenvalue weighted by Crippen LogP contribution is 2.30. The standard InChI is InChI=1S/C19H31NO/c1-3-12-21-19-7-5-6-18(13-19)15-20-14-17-10-8-16(4-2)9-11-17/h5-7,13,16-17,20H,3-4,8-12,14-15H2,1-2H3. The van der Waals surface area contributed by atoms with Crippen LogP contribution in [0.25, 0.3) is 0 Å². The van der Waals surface area contributed by atoms with Crippen LogP contribution in [0.5, 0.6) is 5.75 Å². The summed E-state index contributed by atoms with van der Waals surface area (Å²) in [6.45, 7) is 7.39. The highest BCUT2D eigenvalue weighted by molar-refractivity contribution is 5.28. The molecule has 0 aliphatic heterocycles. The molecule has 1 fully saturated rings. The Hall–Kier alpha value is -1.02. The molecule has 0 unspecified atom stereocenters. The van der Waals surface area contributed by atoms with Gasteiger partial charge in [0, 0.05) is 6.54 Å². The van der Waals surface area contributed by atoms with Crippen LogP contribution in [-0.2, 0) is 6.54 Å². The van der Waals surface area contributed by atoms with Gasteiger partial charge >= 0.3 is 0 Å². The van der Waals surface area contributed by atoms with E-state index in [9.17, 15) is 0 Å². The van der Waals surface area contributed by atoms with Gasteiger partial charge in [-0.05, 0) is 55.3 Å². The fraction of sp³-hybridized carbons (Fsp3) is 0.684. The van der Waals surface area contributed by atoms with Crippen molar-refractivity contribution in [2.24, 2.45) is 11.8 Å². The minimum atomic E-state index is 0.803. The van der Waals surface area contributed by atoms with Gasteiger partial charge in [-0.3, -0.25) is 0 Å². The summed E-state index contributed by atoms with van der Waals surface area (Å²) in [4.78, 5) is 0. The molecule has 0 bridgehead atoms. The van der Waals surface area contributed by atoms with Crippen molar-refractivity contribution >= 4 is 0 Å². The predicted molar refractivity (Wildman–Crippen MR) is 89.7 cm³/mol. The fourth-order valence-electron chi connectivity index (χ4n) is 3.23. The van der Waals surface area contributed by atoms with Crippen LogP contribution < -0.4 is 10.1 Å². The smallest absolute Gasteiger partial charge is 0.119 e. The average molecular weight is 289 g/mol. The second-order valence-electron chi connectivity index (χ2n) is 6.42. The fourth-order valence-corrected chi connectivity index (χ4v) is 3.23. The number of nitrogens with one attached hydrogen (secondary N) is 1. The Morgan fingerprint density at radius 2 is 1.86 bits per heavy atom. The summed E-state index contributed by atoms with van der Waals surface area (Å²) in [5, 5.41) is 3.63. The Balaban J connectivity index is 1.68. The second kappa shape index (κ2) is 9.09. The van der Waals surface area contributed by atoms with E-state index in [-0.39, 0.29) is 0 Å². The minimum Gasteiger partial charge on any atom is -0.494 e. The molecule has 1 aromatic carbocycles. The highest BCUT2D eigenvalue weighted by Gasteiger charge is 2.19. The molecule has 1 N–H and O–H groups in total. The third kappa shape index (κ3) is 5.70.